The van der Waals surface area contributed by atoms with Gasteiger partial charge >= 0.3 is 5.97 Å². The number of ether oxygens (including phenoxy) is 1. The van der Waals surface area contributed by atoms with Crippen LogP contribution in [-0.4, -0.2) is 20.5 Å². The van der Waals surface area contributed by atoms with Gasteiger partial charge in [0.1, 0.15) is 6.07 Å². The van der Waals surface area contributed by atoms with Gasteiger partial charge in [-0.2, -0.15) is 5.26 Å². The highest BCUT2D eigenvalue weighted by molar-refractivity contribution is 9.10. The van der Waals surface area contributed by atoms with E-state index in [1.54, 1.807) is 6.07 Å². The third kappa shape index (κ3) is 3.53. The monoisotopic (exact) mass is 332 g/mol. The summed E-state index contributed by atoms with van der Waals surface area (Å²) in [6.07, 6.45) is -0.928. The lowest BCUT2D eigenvalue weighted by Gasteiger charge is -2.08. The summed E-state index contributed by atoms with van der Waals surface area (Å²) in [5.74, 6) is -0.804. The van der Waals surface area contributed by atoms with Crippen LogP contribution in [0.15, 0.2) is 27.6 Å². The second-order valence-corrected chi connectivity index (χ2v) is 5.78. The zero-order chi connectivity index (χ0) is 13.9. The number of nitrogens with zero attached hydrogens (tertiary/aromatic N) is 1. The van der Waals surface area contributed by atoms with Gasteiger partial charge in [0.2, 0.25) is 10.0 Å². The maximum atomic E-state index is 11.7. The minimum atomic E-state index is -3.90. The molecule has 0 aromatic heterocycles. The van der Waals surface area contributed by atoms with Crippen LogP contribution in [0.5, 0.6) is 0 Å². The van der Waals surface area contributed by atoms with Gasteiger partial charge in [0, 0.05) is 4.47 Å². The maximum Gasteiger partial charge on any atom is 0.340 e. The van der Waals surface area contributed by atoms with E-state index in [0.717, 1.165) is 6.07 Å². The highest BCUT2D eigenvalue weighted by Crippen LogP contribution is 2.21. The Labute approximate surface area is 113 Å². The molecule has 0 amide bonds. The Kier molecular flexibility index (Phi) is 4.45. The molecule has 0 saturated carbocycles. The number of rotatable bonds is 3. The van der Waals surface area contributed by atoms with Gasteiger partial charge in [-0.1, -0.05) is 0 Å². The van der Waals surface area contributed by atoms with Crippen LogP contribution >= 0.6 is 15.9 Å². The molecule has 0 aliphatic rings. The number of nitrogens with two attached hydrogens (primary N) is 1. The van der Waals surface area contributed by atoms with Crippen LogP contribution in [0, 0.1) is 11.3 Å². The molecule has 1 atom stereocenters. The first kappa shape index (κ1) is 14.6. The lowest BCUT2D eigenvalue weighted by molar-refractivity contribution is 0.0434. The van der Waals surface area contributed by atoms with E-state index in [0.29, 0.717) is 4.47 Å². The van der Waals surface area contributed by atoms with Crippen LogP contribution in [0.4, 0.5) is 0 Å². The molecule has 0 unspecified atom stereocenters. The largest absolute Gasteiger partial charge is 0.444 e. The van der Waals surface area contributed by atoms with Gasteiger partial charge in [-0.25, -0.2) is 18.4 Å². The fraction of sp³-hybridized carbons (Fsp3) is 0.200. The van der Waals surface area contributed by atoms with Gasteiger partial charge in [0.05, 0.1) is 10.5 Å². The molecule has 8 heteroatoms. The second-order valence-electron chi connectivity index (χ2n) is 3.36. The second kappa shape index (κ2) is 5.48. The average molecular weight is 333 g/mol. The molecule has 18 heavy (non-hydrogen) atoms. The first-order chi connectivity index (χ1) is 8.25. The van der Waals surface area contributed by atoms with E-state index in [1.165, 1.54) is 19.1 Å². The Hall–Kier alpha value is -1.43. The number of sulfonamides is 1. The molecule has 0 radical (unpaired) electrons. The van der Waals surface area contributed by atoms with E-state index in [-0.39, 0.29) is 10.5 Å². The first-order valence-electron chi connectivity index (χ1n) is 4.68. The van der Waals surface area contributed by atoms with Crippen LogP contribution in [-0.2, 0) is 14.8 Å². The van der Waals surface area contributed by atoms with E-state index in [9.17, 15) is 13.2 Å². The van der Waals surface area contributed by atoms with E-state index in [1.807, 2.05) is 0 Å². The number of hydrogen-bond acceptors (Lipinski definition) is 5. The molecule has 1 aromatic carbocycles. The fourth-order valence-corrected chi connectivity index (χ4v) is 2.04. The predicted octanol–water partition coefficient (Wildman–Crippen LogP) is 1.17. The molecule has 1 aromatic rings. The highest BCUT2D eigenvalue weighted by atomic mass is 79.9. The van der Waals surface area contributed by atoms with E-state index in [4.69, 9.17) is 15.1 Å². The predicted molar refractivity (Wildman–Crippen MR) is 66.0 cm³/mol. The minimum absolute atomic E-state index is 0.0105. The van der Waals surface area contributed by atoms with Crippen LogP contribution in [0.3, 0.4) is 0 Å². The molecule has 0 saturated heterocycles. The summed E-state index contributed by atoms with van der Waals surface area (Å²) in [6.45, 7) is 1.40. The fourth-order valence-electron chi connectivity index (χ4n) is 1.09. The van der Waals surface area contributed by atoms with Gasteiger partial charge < -0.3 is 4.74 Å². The van der Waals surface area contributed by atoms with Crippen molar-refractivity contribution >= 4 is 31.9 Å². The number of esters is 1. The first-order valence-corrected chi connectivity index (χ1v) is 7.02. The van der Waals surface area contributed by atoms with Gasteiger partial charge in [0.15, 0.2) is 6.10 Å². The van der Waals surface area contributed by atoms with Crippen molar-refractivity contribution in [2.24, 2.45) is 5.14 Å². The molecule has 0 fully saturated rings. The van der Waals surface area contributed by atoms with Crippen molar-refractivity contribution in [1.29, 1.82) is 5.26 Å². The molecular formula is C10H9BrN2O4S. The molecule has 0 aliphatic carbocycles. The maximum absolute atomic E-state index is 11.7. The molecular weight excluding hydrogens is 324 g/mol. The number of benzene rings is 1. The van der Waals surface area contributed by atoms with Crippen LogP contribution in [0.25, 0.3) is 0 Å². The summed E-state index contributed by atoms with van der Waals surface area (Å²) < 4.78 is 27.4. The Bertz CT molecular complexity index is 621. The topological polar surface area (TPSA) is 110 Å². The molecule has 6 nitrogen and oxygen atoms in total. The molecule has 0 spiro atoms. The van der Waals surface area contributed by atoms with Crippen LogP contribution in [0.1, 0.15) is 17.3 Å². The standard InChI is InChI=1S/C10H9BrN2O4S/c1-6(5-12)17-10(14)8-4-7(18(13,15)16)2-3-9(8)11/h2-4,6H,1H3,(H2,13,15,16)/t6-/m0/s1. The Morgan fingerprint density at radius 1 is 1.56 bits per heavy atom. The molecule has 96 valence electrons. The SMILES string of the molecule is C[C@@H](C#N)OC(=O)c1cc(S(N)(=O)=O)ccc1Br. The highest BCUT2D eigenvalue weighted by Gasteiger charge is 2.18. The van der Waals surface area contributed by atoms with Crippen molar-refractivity contribution in [2.45, 2.75) is 17.9 Å². The van der Waals surface area contributed by atoms with Gasteiger partial charge in [-0.15, -0.1) is 0 Å². The number of carbonyl (C=O) groups excluding carboxylic acids is 1. The Morgan fingerprint density at radius 3 is 2.67 bits per heavy atom. The number of primary sulfonamides is 1. The third-order valence-corrected chi connectivity index (χ3v) is 3.55. The minimum Gasteiger partial charge on any atom is -0.444 e. The summed E-state index contributed by atoms with van der Waals surface area (Å²) >= 11 is 3.09. The number of hydrogen-bond donors (Lipinski definition) is 1. The normalized spacial score (nSPS) is 12.6. The lowest BCUT2D eigenvalue weighted by atomic mass is 10.2. The Balaban J connectivity index is 3.17. The molecule has 0 aliphatic heterocycles. The third-order valence-electron chi connectivity index (χ3n) is 1.95. The van der Waals surface area contributed by atoms with Crippen LogP contribution < -0.4 is 5.14 Å². The zero-order valence-corrected chi connectivity index (χ0v) is 11.7. The summed E-state index contributed by atoms with van der Waals surface area (Å²) in [5.41, 5.74) is -0.0105. The molecule has 0 heterocycles. The smallest absolute Gasteiger partial charge is 0.340 e. The van der Waals surface area contributed by atoms with Gasteiger partial charge in [-0.3, -0.25) is 0 Å². The number of halogens is 1. The van der Waals surface area contributed by atoms with Crippen molar-refractivity contribution in [3.8, 4) is 6.07 Å². The summed E-state index contributed by atoms with van der Waals surface area (Å²) in [4.78, 5) is 11.5. The van der Waals surface area contributed by atoms with Crippen molar-refractivity contribution < 1.29 is 17.9 Å². The quantitative estimate of drug-likeness (QED) is 0.835. The van der Waals surface area contributed by atoms with Crippen molar-refractivity contribution in [1.82, 2.24) is 0 Å². The van der Waals surface area contributed by atoms with Gasteiger partial charge in [-0.05, 0) is 41.1 Å². The summed E-state index contributed by atoms with van der Waals surface area (Å²) in [6, 6.07) is 5.44. The van der Waals surface area contributed by atoms with Crippen molar-refractivity contribution in [3.05, 3.63) is 28.2 Å². The zero-order valence-electron chi connectivity index (χ0n) is 9.25. The number of carbonyl (C=O) groups is 1. The van der Waals surface area contributed by atoms with Crippen molar-refractivity contribution in [2.75, 3.05) is 0 Å². The lowest BCUT2D eigenvalue weighted by Crippen LogP contribution is -2.16. The Morgan fingerprint density at radius 2 is 2.17 bits per heavy atom. The van der Waals surface area contributed by atoms with E-state index < -0.39 is 22.1 Å². The van der Waals surface area contributed by atoms with Crippen molar-refractivity contribution in [3.63, 3.8) is 0 Å². The van der Waals surface area contributed by atoms with E-state index >= 15 is 0 Å². The van der Waals surface area contributed by atoms with Crippen LogP contribution in [0.2, 0.25) is 0 Å². The number of nitriles is 1. The average Bonchev–Trinajstić information content (AvgIpc) is 2.27. The summed E-state index contributed by atoms with van der Waals surface area (Å²) in [5, 5.41) is 13.5. The van der Waals surface area contributed by atoms with Gasteiger partial charge in [0.25, 0.3) is 0 Å². The summed E-state index contributed by atoms with van der Waals surface area (Å²) in [7, 11) is -3.90. The molecule has 0 bridgehead atoms. The molecule has 2 N–H and O–H groups in total. The molecule has 1 rings (SSSR count). The van der Waals surface area contributed by atoms with E-state index in [2.05, 4.69) is 15.9 Å².